The van der Waals surface area contributed by atoms with Gasteiger partial charge in [-0.15, -0.1) is 6.42 Å². The molecule has 0 heterocycles. The highest BCUT2D eigenvalue weighted by atomic mass is 19.1. The van der Waals surface area contributed by atoms with Crippen LogP contribution in [0.4, 0.5) is 4.39 Å². The van der Waals surface area contributed by atoms with E-state index in [4.69, 9.17) is 6.42 Å². The van der Waals surface area contributed by atoms with Gasteiger partial charge in [0.2, 0.25) is 0 Å². The van der Waals surface area contributed by atoms with E-state index in [1.807, 2.05) is 0 Å². The van der Waals surface area contributed by atoms with Crippen molar-refractivity contribution in [1.29, 1.82) is 0 Å². The number of aliphatic hydroxyl groups is 2. The van der Waals surface area contributed by atoms with Crippen LogP contribution in [0.5, 0.6) is 0 Å². The number of halogens is 1. The van der Waals surface area contributed by atoms with Crippen LogP contribution in [0, 0.1) is 53.3 Å². The first-order chi connectivity index (χ1) is 11.9. The zero-order valence-electron chi connectivity index (χ0n) is 15.5. The fourth-order valence-corrected chi connectivity index (χ4v) is 7.82. The first-order valence-corrected chi connectivity index (χ1v) is 10.4. The van der Waals surface area contributed by atoms with E-state index < -0.39 is 5.60 Å². The van der Waals surface area contributed by atoms with Crippen molar-refractivity contribution in [3.8, 4) is 12.3 Å². The molecule has 2 nitrogen and oxygen atoms in total. The fraction of sp³-hybridized carbons (Fsp3) is 0.909. The van der Waals surface area contributed by atoms with Crippen LogP contribution in [0.2, 0.25) is 0 Å². The number of hydrogen-bond acceptors (Lipinski definition) is 2. The van der Waals surface area contributed by atoms with E-state index in [9.17, 15) is 14.6 Å². The summed E-state index contributed by atoms with van der Waals surface area (Å²) in [6.45, 7) is 1.91. The number of hydrogen-bond donors (Lipinski definition) is 2. The molecular formula is C22H33FO2. The van der Waals surface area contributed by atoms with Crippen molar-refractivity contribution in [3.05, 3.63) is 0 Å². The van der Waals surface area contributed by atoms with E-state index in [1.165, 1.54) is 12.8 Å². The largest absolute Gasteiger partial charge is 0.393 e. The first-order valence-electron chi connectivity index (χ1n) is 10.4. The Labute approximate surface area is 151 Å². The molecule has 0 aromatic rings. The van der Waals surface area contributed by atoms with E-state index in [0.717, 1.165) is 32.1 Å². The molecule has 0 bridgehead atoms. The molecule has 0 amide bonds. The van der Waals surface area contributed by atoms with Crippen LogP contribution in [-0.4, -0.2) is 28.6 Å². The fourth-order valence-electron chi connectivity index (χ4n) is 7.82. The van der Waals surface area contributed by atoms with Crippen molar-refractivity contribution < 1.29 is 14.6 Å². The van der Waals surface area contributed by atoms with Gasteiger partial charge in [0, 0.05) is 5.41 Å². The molecule has 0 spiro atoms. The summed E-state index contributed by atoms with van der Waals surface area (Å²) in [6, 6.07) is 0. The minimum Gasteiger partial charge on any atom is -0.393 e. The van der Waals surface area contributed by atoms with E-state index >= 15 is 0 Å². The predicted molar refractivity (Wildman–Crippen MR) is 96.4 cm³/mol. The molecule has 4 aliphatic carbocycles. The molecule has 140 valence electrons. The summed E-state index contributed by atoms with van der Waals surface area (Å²) in [4.78, 5) is 0. The third kappa shape index (κ3) is 2.51. The standard InChI is InChI=1S/C22H33FO2/c1-3-22(25)10-8-19-18-6-4-14-12-16(24)5-7-17(14)20(18)15(9-11-23)13-21(19,22)2/h1,14-20,24-25H,4-13H2,2H3/t14-,15-,16+,17?,18?,19?,20?,21-,22-/m0/s1. The molecule has 4 fully saturated rings. The second-order valence-electron chi connectivity index (χ2n) is 9.72. The molecule has 0 saturated heterocycles. The Hall–Kier alpha value is -0.590. The van der Waals surface area contributed by atoms with Gasteiger partial charge < -0.3 is 10.2 Å². The third-order valence-corrected chi connectivity index (χ3v) is 8.92. The van der Waals surface area contributed by atoms with E-state index in [0.29, 0.717) is 48.3 Å². The van der Waals surface area contributed by atoms with Gasteiger partial charge in [0.05, 0.1) is 12.8 Å². The highest BCUT2D eigenvalue weighted by Gasteiger charge is 2.64. The van der Waals surface area contributed by atoms with Crippen molar-refractivity contribution in [2.45, 2.75) is 76.4 Å². The van der Waals surface area contributed by atoms with Gasteiger partial charge in [0.25, 0.3) is 0 Å². The Morgan fingerprint density at radius 3 is 2.64 bits per heavy atom. The highest BCUT2D eigenvalue weighted by Crippen LogP contribution is 2.67. The van der Waals surface area contributed by atoms with E-state index in [1.54, 1.807) is 0 Å². The Morgan fingerprint density at radius 1 is 1.16 bits per heavy atom. The number of terminal acetylenes is 1. The zero-order chi connectivity index (χ0) is 17.8. The topological polar surface area (TPSA) is 40.5 Å². The van der Waals surface area contributed by atoms with Gasteiger partial charge in [0.15, 0.2) is 0 Å². The van der Waals surface area contributed by atoms with Crippen LogP contribution in [0.3, 0.4) is 0 Å². The van der Waals surface area contributed by atoms with Gasteiger partial charge in [-0.3, -0.25) is 4.39 Å². The lowest BCUT2D eigenvalue weighted by Crippen LogP contribution is -2.56. The minimum absolute atomic E-state index is 0.135. The van der Waals surface area contributed by atoms with Gasteiger partial charge in [0.1, 0.15) is 5.60 Å². The number of fused-ring (bicyclic) bond motifs is 5. The highest BCUT2D eigenvalue weighted by molar-refractivity contribution is 5.23. The minimum atomic E-state index is -1.02. The van der Waals surface area contributed by atoms with Crippen LogP contribution in [-0.2, 0) is 0 Å². The Kier molecular flexibility index (Phi) is 4.44. The van der Waals surface area contributed by atoms with Crippen molar-refractivity contribution in [1.82, 2.24) is 0 Å². The summed E-state index contributed by atoms with van der Waals surface area (Å²) in [5.74, 6) is 5.94. The van der Waals surface area contributed by atoms with Crippen LogP contribution in [0.25, 0.3) is 0 Å². The molecule has 4 rings (SSSR count). The summed E-state index contributed by atoms with van der Waals surface area (Å²) in [7, 11) is 0. The molecule has 0 aromatic carbocycles. The van der Waals surface area contributed by atoms with Gasteiger partial charge in [-0.25, -0.2) is 0 Å². The maximum atomic E-state index is 13.4. The monoisotopic (exact) mass is 348 g/mol. The summed E-state index contributed by atoms with van der Waals surface area (Å²) in [5.41, 5.74) is -1.28. The quantitative estimate of drug-likeness (QED) is 0.742. The summed E-state index contributed by atoms with van der Waals surface area (Å²) < 4.78 is 13.4. The molecule has 0 aromatic heterocycles. The normalized spacial score (nSPS) is 54.9. The van der Waals surface area contributed by atoms with E-state index in [2.05, 4.69) is 12.8 Å². The smallest absolute Gasteiger partial charge is 0.130 e. The molecule has 2 N–H and O–H groups in total. The SMILES string of the molecule is C#C[C@]1(O)CCC2C3CC[C@H]4C[C@H](O)CCC4C3[C@@H](CCF)C[C@@]21C. The second-order valence-corrected chi connectivity index (χ2v) is 9.72. The Bertz CT molecular complexity index is 557. The average Bonchev–Trinajstić information content (AvgIpc) is 2.86. The van der Waals surface area contributed by atoms with E-state index in [-0.39, 0.29) is 18.2 Å². The Morgan fingerprint density at radius 2 is 1.92 bits per heavy atom. The van der Waals surface area contributed by atoms with Gasteiger partial charge in [-0.1, -0.05) is 12.8 Å². The molecule has 0 radical (unpaired) electrons. The number of alkyl halides is 1. The van der Waals surface area contributed by atoms with Crippen molar-refractivity contribution in [2.24, 2.45) is 40.9 Å². The predicted octanol–water partition coefficient (Wildman–Crippen LogP) is 3.95. The first kappa shape index (κ1) is 17.8. The molecule has 9 atom stereocenters. The maximum absolute atomic E-state index is 13.4. The maximum Gasteiger partial charge on any atom is 0.130 e. The van der Waals surface area contributed by atoms with Crippen LogP contribution in [0.15, 0.2) is 0 Å². The second kappa shape index (κ2) is 6.24. The lowest BCUT2D eigenvalue weighted by molar-refractivity contribution is -0.139. The van der Waals surface area contributed by atoms with Crippen molar-refractivity contribution in [2.75, 3.05) is 6.67 Å². The van der Waals surface area contributed by atoms with Crippen LogP contribution < -0.4 is 0 Å². The summed E-state index contributed by atoms with van der Waals surface area (Å²) in [5, 5.41) is 21.2. The van der Waals surface area contributed by atoms with Crippen molar-refractivity contribution in [3.63, 3.8) is 0 Å². The molecule has 4 saturated carbocycles. The van der Waals surface area contributed by atoms with Gasteiger partial charge in [-0.05, 0) is 93.3 Å². The molecule has 4 aliphatic rings. The molecule has 25 heavy (non-hydrogen) atoms. The molecule has 3 heteroatoms. The molecular weight excluding hydrogens is 315 g/mol. The van der Waals surface area contributed by atoms with Gasteiger partial charge >= 0.3 is 0 Å². The zero-order valence-corrected chi connectivity index (χ0v) is 15.5. The number of rotatable bonds is 2. The van der Waals surface area contributed by atoms with Crippen LogP contribution in [0.1, 0.15) is 64.7 Å². The lowest BCUT2D eigenvalue weighted by atomic mass is 9.46. The molecule has 0 aliphatic heterocycles. The third-order valence-electron chi connectivity index (χ3n) is 8.92. The average molecular weight is 349 g/mol. The van der Waals surface area contributed by atoms with Crippen molar-refractivity contribution >= 4 is 0 Å². The van der Waals surface area contributed by atoms with Gasteiger partial charge in [-0.2, -0.15) is 0 Å². The Balaban J connectivity index is 1.68. The summed E-state index contributed by atoms with van der Waals surface area (Å²) >= 11 is 0. The van der Waals surface area contributed by atoms with Crippen LogP contribution >= 0.6 is 0 Å². The molecule has 4 unspecified atom stereocenters. The lowest BCUT2D eigenvalue weighted by Gasteiger charge is -2.59. The number of aliphatic hydroxyl groups excluding tert-OH is 1. The summed E-state index contributed by atoms with van der Waals surface area (Å²) in [6.07, 6.45) is 14.1.